The highest BCUT2D eigenvalue weighted by Gasteiger charge is 2.11. The van der Waals surface area contributed by atoms with Gasteiger partial charge in [-0.1, -0.05) is 11.6 Å². The van der Waals surface area contributed by atoms with Gasteiger partial charge in [0.15, 0.2) is 5.58 Å². The Morgan fingerprint density at radius 2 is 2.29 bits per heavy atom. The van der Waals surface area contributed by atoms with Crippen molar-refractivity contribution >= 4 is 22.7 Å². The Morgan fingerprint density at radius 3 is 3.00 bits per heavy atom. The lowest BCUT2D eigenvalue weighted by Crippen LogP contribution is -2.12. The number of hydrogen-bond acceptors (Lipinski definition) is 3. The average molecular weight is 211 g/mol. The molecule has 1 aromatic heterocycles. The lowest BCUT2D eigenvalue weighted by Gasteiger charge is -2.02. The van der Waals surface area contributed by atoms with Crippen LogP contribution in [-0.4, -0.2) is 12.0 Å². The van der Waals surface area contributed by atoms with Gasteiger partial charge in [-0.2, -0.15) is 0 Å². The molecule has 0 aliphatic rings. The van der Waals surface area contributed by atoms with Crippen molar-refractivity contribution in [3.8, 4) is 0 Å². The fraction of sp³-hybridized carbons (Fsp3) is 0.300. The monoisotopic (exact) mass is 210 g/mol. The first-order chi connectivity index (χ1) is 6.70. The zero-order valence-electron chi connectivity index (χ0n) is 8.04. The topological polar surface area (TPSA) is 38.1 Å². The molecule has 2 rings (SSSR count). The molecule has 2 aromatic rings. The van der Waals surface area contributed by atoms with Crippen molar-refractivity contribution in [1.29, 1.82) is 0 Å². The molecule has 1 atom stereocenters. The number of rotatable bonds is 2. The van der Waals surface area contributed by atoms with Crippen LogP contribution in [0.4, 0.5) is 0 Å². The largest absolute Gasteiger partial charge is 0.439 e. The van der Waals surface area contributed by atoms with Crippen molar-refractivity contribution in [2.45, 2.75) is 13.0 Å². The number of oxazole rings is 1. The van der Waals surface area contributed by atoms with Crippen LogP contribution in [0, 0.1) is 0 Å². The zero-order chi connectivity index (χ0) is 10.1. The van der Waals surface area contributed by atoms with Crippen LogP contribution in [0.25, 0.3) is 11.1 Å². The van der Waals surface area contributed by atoms with E-state index in [0.29, 0.717) is 10.9 Å². The van der Waals surface area contributed by atoms with E-state index in [1.807, 2.05) is 20.0 Å². The summed E-state index contributed by atoms with van der Waals surface area (Å²) in [6.07, 6.45) is 0. The van der Waals surface area contributed by atoms with Crippen LogP contribution < -0.4 is 5.32 Å². The van der Waals surface area contributed by atoms with Gasteiger partial charge in [-0.05, 0) is 26.1 Å². The molecule has 1 unspecified atom stereocenters. The maximum atomic E-state index is 5.84. The predicted molar refractivity (Wildman–Crippen MR) is 56.5 cm³/mol. The maximum absolute atomic E-state index is 5.84. The highest BCUT2D eigenvalue weighted by atomic mass is 35.5. The Bertz CT molecular complexity index is 452. The van der Waals surface area contributed by atoms with Crippen molar-refractivity contribution < 1.29 is 4.42 Å². The second-order valence-corrected chi connectivity index (χ2v) is 3.61. The Labute approximate surface area is 87.1 Å². The zero-order valence-corrected chi connectivity index (χ0v) is 8.80. The molecule has 0 bridgehead atoms. The second kappa shape index (κ2) is 3.59. The van der Waals surface area contributed by atoms with Crippen LogP contribution in [0.2, 0.25) is 5.02 Å². The van der Waals surface area contributed by atoms with Crippen molar-refractivity contribution in [1.82, 2.24) is 10.3 Å². The lowest BCUT2D eigenvalue weighted by atomic mass is 10.3. The number of benzene rings is 1. The van der Waals surface area contributed by atoms with E-state index in [-0.39, 0.29) is 6.04 Å². The maximum Gasteiger partial charge on any atom is 0.212 e. The molecule has 1 aromatic carbocycles. The minimum Gasteiger partial charge on any atom is -0.439 e. The third kappa shape index (κ3) is 1.61. The third-order valence-electron chi connectivity index (χ3n) is 2.17. The SMILES string of the molecule is CNC(C)c1nc2ccc(Cl)cc2o1. The summed E-state index contributed by atoms with van der Waals surface area (Å²) in [6, 6.07) is 5.55. The minimum atomic E-state index is 0.112. The number of halogens is 1. The van der Waals surface area contributed by atoms with Crippen LogP contribution in [0.1, 0.15) is 18.9 Å². The van der Waals surface area contributed by atoms with Crippen molar-refractivity contribution in [3.05, 3.63) is 29.1 Å². The van der Waals surface area contributed by atoms with Gasteiger partial charge in [0.05, 0.1) is 6.04 Å². The molecular weight excluding hydrogens is 200 g/mol. The summed E-state index contributed by atoms with van der Waals surface area (Å²) in [5, 5.41) is 3.73. The number of fused-ring (bicyclic) bond motifs is 1. The summed E-state index contributed by atoms with van der Waals surface area (Å²) in [5.74, 6) is 0.685. The van der Waals surface area contributed by atoms with Gasteiger partial charge in [0.1, 0.15) is 5.52 Å². The quantitative estimate of drug-likeness (QED) is 0.829. The van der Waals surface area contributed by atoms with Crippen molar-refractivity contribution in [3.63, 3.8) is 0 Å². The van der Waals surface area contributed by atoms with E-state index in [0.717, 1.165) is 11.1 Å². The summed E-state index contributed by atoms with van der Waals surface area (Å²) in [4.78, 5) is 4.34. The number of hydrogen-bond donors (Lipinski definition) is 1. The molecule has 4 heteroatoms. The van der Waals surface area contributed by atoms with Crippen LogP contribution in [0.3, 0.4) is 0 Å². The average Bonchev–Trinajstić information content (AvgIpc) is 2.59. The molecule has 0 saturated heterocycles. The molecule has 14 heavy (non-hydrogen) atoms. The van der Waals surface area contributed by atoms with Gasteiger partial charge < -0.3 is 9.73 Å². The van der Waals surface area contributed by atoms with E-state index >= 15 is 0 Å². The molecule has 0 aliphatic carbocycles. The Hall–Kier alpha value is -1.06. The Balaban J connectivity index is 2.51. The number of nitrogens with zero attached hydrogens (tertiary/aromatic N) is 1. The first-order valence-electron chi connectivity index (χ1n) is 4.44. The van der Waals surface area contributed by atoms with Gasteiger partial charge in [0, 0.05) is 11.1 Å². The highest BCUT2D eigenvalue weighted by Crippen LogP contribution is 2.22. The van der Waals surface area contributed by atoms with Gasteiger partial charge >= 0.3 is 0 Å². The van der Waals surface area contributed by atoms with E-state index in [1.54, 1.807) is 12.1 Å². The molecule has 0 fully saturated rings. The first-order valence-corrected chi connectivity index (χ1v) is 4.82. The van der Waals surface area contributed by atoms with Gasteiger partial charge in [-0.15, -0.1) is 0 Å². The van der Waals surface area contributed by atoms with E-state index < -0.39 is 0 Å². The van der Waals surface area contributed by atoms with Gasteiger partial charge in [-0.3, -0.25) is 0 Å². The Kier molecular flexibility index (Phi) is 2.44. The van der Waals surface area contributed by atoms with E-state index in [1.165, 1.54) is 0 Å². The first kappa shape index (κ1) is 9.49. The van der Waals surface area contributed by atoms with Crippen LogP contribution in [-0.2, 0) is 0 Å². The van der Waals surface area contributed by atoms with E-state index in [4.69, 9.17) is 16.0 Å². The summed E-state index contributed by atoms with van der Waals surface area (Å²) in [5.41, 5.74) is 1.57. The fourth-order valence-electron chi connectivity index (χ4n) is 1.22. The standard InChI is InChI=1S/C10H11ClN2O/c1-6(12-2)10-13-8-4-3-7(11)5-9(8)14-10/h3-6,12H,1-2H3. The van der Waals surface area contributed by atoms with E-state index in [2.05, 4.69) is 10.3 Å². The highest BCUT2D eigenvalue weighted by molar-refractivity contribution is 6.31. The van der Waals surface area contributed by atoms with Crippen LogP contribution in [0.5, 0.6) is 0 Å². The molecular formula is C10H11ClN2O. The van der Waals surface area contributed by atoms with E-state index in [9.17, 15) is 0 Å². The van der Waals surface area contributed by atoms with Crippen LogP contribution in [0.15, 0.2) is 22.6 Å². The van der Waals surface area contributed by atoms with Gasteiger partial charge in [0.25, 0.3) is 0 Å². The summed E-state index contributed by atoms with van der Waals surface area (Å²) >= 11 is 5.84. The van der Waals surface area contributed by atoms with Crippen molar-refractivity contribution in [2.24, 2.45) is 0 Å². The molecule has 3 nitrogen and oxygen atoms in total. The molecule has 0 saturated carbocycles. The molecule has 1 N–H and O–H groups in total. The molecule has 0 aliphatic heterocycles. The minimum absolute atomic E-state index is 0.112. The van der Waals surface area contributed by atoms with Crippen LogP contribution >= 0.6 is 11.6 Å². The van der Waals surface area contributed by atoms with Gasteiger partial charge in [0.2, 0.25) is 5.89 Å². The fourth-order valence-corrected chi connectivity index (χ4v) is 1.39. The smallest absolute Gasteiger partial charge is 0.212 e. The Morgan fingerprint density at radius 1 is 1.50 bits per heavy atom. The summed E-state index contributed by atoms with van der Waals surface area (Å²) < 4.78 is 5.54. The predicted octanol–water partition coefficient (Wildman–Crippen LogP) is 2.76. The normalized spacial score (nSPS) is 13.4. The number of aromatic nitrogens is 1. The summed E-state index contributed by atoms with van der Waals surface area (Å²) in [6.45, 7) is 1.99. The van der Waals surface area contributed by atoms with Gasteiger partial charge in [-0.25, -0.2) is 4.98 Å². The third-order valence-corrected chi connectivity index (χ3v) is 2.41. The molecule has 0 spiro atoms. The summed E-state index contributed by atoms with van der Waals surface area (Å²) in [7, 11) is 1.87. The molecule has 1 heterocycles. The lowest BCUT2D eigenvalue weighted by molar-refractivity contribution is 0.456. The second-order valence-electron chi connectivity index (χ2n) is 3.17. The molecule has 74 valence electrons. The van der Waals surface area contributed by atoms with Crippen molar-refractivity contribution in [2.75, 3.05) is 7.05 Å². The molecule has 0 amide bonds. The molecule has 0 radical (unpaired) electrons. The number of nitrogens with one attached hydrogen (secondary N) is 1.